The number of methoxy groups -OCH3 is 1. The molecule has 8 heteroatoms. The van der Waals surface area contributed by atoms with Gasteiger partial charge in [0.05, 0.1) is 19.2 Å². The average Bonchev–Trinajstić information content (AvgIpc) is 3.53. The maximum absolute atomic E-state index is 13.2. The van der Waals surface area contributed by atoms with Crippen LogP contribution in [0.1, 0.15) is 41.3 Å². The van der Waals surface area contributed by atoms with Crippen molar-refractivity contribution < 1.29 is 14.3 Å². The van der Waals surface area contributed by atoms with Crippen LogP contribution in [0.25, 0.3) is 21.9 Å². The van der Waals surface area contributed by atoms with Crippen molar-refractivity contribution in [2.45, 2.75) is 26.3 Å². The monoisotopic (exact) mass is 483 g/mol. The fourth-order valence-corrected chi connectivity index (χ4v) is 4.61. The lowest BCUT2D eigenvalue weighted by atomic mass is 9.90. The number of hydrogen-bond donors (Lipinski definition) is 2. The van der Waals surface area contributed by atoms with Crippen molar-refractivity contribution >= 4 is 27.8 Å². The maximum atomic E-state index is 13.2. The van der Waals surface area contributed by atoms with Crippen LogP contribution < -0.4 is 14.8 Å². The summed E-state index contributed by atoms with van der Waals surface area (Å²) in [5.74, 6) is 1.08. The van der Waals surface area contributed by atoms with E-state index < -0.39 is 0 Å². The molecule has 2 N–H and O–H groups in total. The molecule has 2 heterocycles. The molecule has 0 saturated heterocycles. The average molecular weight is 484 g/mol. The minimum absolute atomic E-state index is 0.112. The van der Waals surface area contributed by atoms with Crippen LogP contribution in [0.5, 0.6) is 11.5 Å². The largest absolute Gasteiger partial charge is 0.493 e. The first-order valence-corrected chi connectivity index (χ1v) is 12.1. The Balaban J connectivity index is 1.47. The molecule has 1 amide bonds. The summed E-state index contributed by atoms with van der Waals surface area (Å²) in [4.78, 5) is 16.5. The minimum atomic E-state index is -0.161. The Hall–Kier alpha value is -4.33. The highest BCUT2D eigenvalue weighted by Gasteiger charge is 2.21. The zero-order valence-electron chi connectivity index (χ0n) is 20.6. The van der Waals surface area contributed by atoms with E-state index in [1.807, 2.05) is 73.3 Å². The molecule has 3 aromatic carbocycles. The molecule has 1 atom stereocenters. The topological polar surface area (TPSA) is 94.1 Å². The van der Waals surface area contributed by atoms with E-state index in [1.54, 1.807) is 13.2 Å². The van der Waals surface area contributed by atoms with Crippen molar-refractivity contribution in [1.29, 1.82) is 0 Å². The van der Waals surface area contributed by atoms with Gasteiger partial charge in [0.2, 0.25) is 0 Å². The number of aryl methyl sites for hydroxylation is 1. The SMILES string of the molecule is CCOc1ccc(C(CNC(=O)c2ccc3c(c2)nnn3CC)c2c[nH]c3ccccc23)cc1OC. The highest BCUT2D eigenvalue weighted by atomic mass is 16.5. The molecule has 1 unspecified atom stereocenters. The number of aromatic amines is 1. The number of carbonyl (C=O) groups is 1. The summed E-state index contributed by atoms with van der Waals surface area (Å²) >= 11 is 0. The Labute approximate surface area is 209 Å². The van der Waals surface area contributed by atoms with E-state index in [-0.39, 0.29) is 11.8 Å². The first kappa shape index (κ1) is 23.4. The summed E-state index contributed by atoms with van der Waals surface area (Å²) in [6, 6.07) is 19.6. The number of rotatable bonds is 9. The summed E-state index contributed by atoms with van der Waals surface area (Å²) in [6.45, 7) is 5.62. The summed E-state index contributed by atoms with van der Waals surface area (Å²) in [7, 11) is 1.63. The number of aromatic nitrogens is 4. The molecule has 5 rings (SSSR count). The predicted octanol–water partition coefficient (Wildman–Crippen LogP) is 4.90. The van der Waals surface area contributed by atoms with E-state index in [1.165, 1.54) is 0 Å². The van der Waals surface area contributed by atoms with Gasteiger partial charge in [-0.3, -0.25) is 4.79 Å². The van der Waals surface area contributed by atoms with Gasteiger partial charge < -0.3 is 19.8 Å². The Morgan fingerprint density at radius 2 is 1.94 bits per heavy atom. The standard InChI is InChI=1S/C28H29N5O3/c1-4-33-25-12-10-19(14-24(25)31-32-33)28(34)30-16-21(22-17-29-23-9-7-6-8-20(22)23)18-11-13-26(36-5-2)27(15-18)35-3/h6-15,17,21,29H,4-5,16H2,1-3H3,(H,30,34). The second kappa shape index (κ2) is 10.1. The molecule has 0 bridgehead atoms. The number of nitrogens with zero attached hydrogens (tertiary/aromatic N) is 3. The van der Waals surface area contributed by atoms with Crippen molar-refractivity contribution in [1.82, 2.24) is 25.3 Å². The van der Waals surface area contributed by atoms with Crippen molar-refractivity contribution in [3.05, 3.63) is 83.6 Å². The number of para-hydroxylation sites is 1. The molecular formula is C28H29N5O3. The van der Waals surface area contributed by atoms with E-state index in [0.29, 0.717) is 35.7 Å². The number of benzene rings is 3. The third-order valence-electron chi connectivity index (χ3n) is 6.43. The normalized spacial score (nSPS) is 12.1. The van der Waals surface area contributed by atoms with Gasteiger partial charge in [-0.2, -0.15) is 0 Å². The van der Waals surface area contributed by atoms with Crippen LogP contribution in [0.15, 0.2) is 66.9 Å². The molecule has 0 fully saturated rings. The Morgan fingerprint density at radius 1 is 1.08 bits per heavy atom. The minimum Gasteiger partial charge on any atom is -0.493 e. The summed E-state index contributed by atoms with van der Waals surface area (Å²) in [5.41, 5.74) is 5.32. The fourth-order valence-electron chi connectivity index (χ4n) is 4.61. The number of nitrogens with one attached hydrogen (secondary N) is 2. The first-order chi connectivity index (χ1) is 17.6. The summed E-state index contributed by atoms with van der Waals surface area (Å²) < 4.78 is 13.1. The van der Waals surface area contributed by atoms with Crippen molar-refractivity contribution in [3.8, 4) is 11.5 Å². The quantitative estimate of drug-likeness (QED) is 0.311. The zero-order valence-corrected chi connectivity index (χ0v) is 20.6. The number of fused-ring (bicyclic) bond motifs is 2. The second-order valence-corrected chi connectivity index (χ2v) is 8.50. The molecule has 36 heavy (non-hydrogen) atoms. The lowest BCUT2D eigenvalue weighted by Gasteiger charge is -2.20. The second-order valence-electron chi connectivity index (χ2n) is 8.50. The highest BCUT2D eigenvalue weighted by Crippen LogP contribution is 2.36. The van der Waals surface area contributed by atoms with Gasteiger partial charge in [-0.05, 0) is 61.4 Å². The Bertz CT molecular complexity index is 1520. The predicted molar refractivity (Wildman–Crippen MR) is 140 cm³/mol. The van der Waals surface area contributed by atoms with Gasteiger partial charge in [0.15, 0.2) is 11.5 Å². The molecule has 184 valence electrons. The number of amides is 1. The Morgan fingerprint density at radius 3 is 2.75 bits per heavy atom. The van der Waals surface area contributed by atoms with Gasteiger partial charge in [-0.15, -0.1) is 5.10 Å². The van der Waals surface area contributed by atoms with Gasteiger partial charge in [-0.25, -0.2) is 4.68 Å². The third-order valence-corrected chi connectivity index (χ3v) is 6.43. The molecule has 0 aliphatic carbocycles. The third kappa shape index (κ3) is 4.37. The van der Waals surface area contributed by atoms with Crippen molar-refractivity contribution in [2.75, 3.05) is 20.3 Å². The van der Waals surface area contributed by atoms with E-state index in [2.05, 4.69) is 26.7 Å². The van der Waals surface area contributed by atoms with Gasteiger partial charge in [0.1, 0.15) is 5.52 Å². The number of carbonyl (C=O) groups excluding carboxylic acids is 1. The first-order valence-electron chi connectivity index (χ1n) is 12.1. The van der Waals surface area contributed by atoms with Crippen molar-refractivity contribution in [2.24, 2.45) is 0 Å². The lowest BCUT2D eigenvalue weighted by Crippen LogP contribution is -2.29. The molecule has 0 aliphatic heterocycles. The molecule has 2 aromatic heterocycles. The van der Waals surface area contributed by atoms with Crippen LogP contribution in [0.4, 0.5) is 0 Å². The van der Waals surface area contributed by atoms with Crippen molar-refractivity contribution in [3.63, 3.8) is 0 Å². The maximum Gasteiger partial charge on any atom is 0.251 e. The molecule has 0 spiro atoms. The highest BCUT2D eigenvalue weighted by molar-refractivity contribution is 5.97. The number of hydrogen-bond acceptors (Lipinski definition) is 5. The molecule has 5 aromatic rings. The van der Waals surface area contributed by atoms with Gasteiger partial charge in [-0.1, -0.05) is 29.5 Å². The summed E-state index contributed by atoms with van der Waals surface area (Å²) in [5, 5.41) is 12.6. The Kier molecular flexibility index (Phi) is 6.58. The van der Waals surface area contributed by atoms with E-state index in [4.69, 9.17) is 9.47 Å². The van der Waals surface area contributed by atoms with Gasteiger partial charge in [0, 0.05) is 41.7 Å². The molecule has 0 radical (unpaired) electrons. The van der Waals surface area contributed by atoms with Crippen LogP contribution in [-0.4, -0.2) is 46.1 Å². The molecule has 8 nitrogen and oxygen atoms in total. The van der Waals surface area contributed by atoms with E-state index >= 15 is 0 Å². The fraction of sp³-hybridized carbons (Fsp3) is 0.250. The van der Waals surface area contributed by atoms with Gasteiger partial charge >= 0.3 is 0 Å². The summed E-state index contributed by atoms with van der Waals surface area (Å²) in [6.07, 6.45) is 2.01. The molecular weight excluding hydrogens is 454 g/mol. The lowest BCUT2D eigenvalue weighted by molar-refractivity contribution is 0.0952. The van der Waals surface area contributed by atoms with Crippen LogP contribution >= 0.6 is 0 Å². The van der Waals surface area contributed by atoms with Crippen LogP contribution in [0.2, 0.25) is 0 Å². The van der Waals surface area contributed by atoms with Crippen LogP contribution in [-0.2, 0) is 6.54 Å². The van der Waals surface area contributed by atoms with Crippen LogP contribution in [0.3, 0.4) is 0 Å². The van der Waals surface area contributed by atoms with E-state index in [0.717, 1.165) is 34.1 Å². The molecule has 0 aliphatic rings. The zero-order chi connectivity index (χ0) is 25.1. The van der Waals surface area contributed by atoms with E-state index in [9.17, 15) is 4.79 Å². The van der Waals surface area contributed by atoms with Gasteiger partial charge in [0.25, 0.3) is 5.91 Å². The smallest absolute Gasteiger partial charge is 0.251 e. The van der Waals surface area contributed by atoms with Crippen LogP contribution in [0, 0.1) is 0 Å². The molecule has 0 saturated carbocycles. The number of ether oxygens (including phenoxy) is 2. The number of H-pyrrole nitrogens is 1.